The summed E-state index contributed by atoms with van der Waals surface area (Å²) in [6, 6.07) is 17.3. The van der Waals surface area contributed by atoms with Gasteiger partial charge in [0.15, 0.2) is 0 Å². The van der Waals surface area contributed by atoms with Crippen molar-refractivity contribution in [2.24, 2.45) is 0 Å². The van der Waals surface area contributed by atoms with Crippen LogP contribution in [0.15, 0.2) is 48.5 Å². The average Bonchev–Trinajstić information content (AvgIpc) is 2.49. The van der Waals surface area contributed by atoms with Gasteiger partial charge in [0.25, 0.3) is 5.91 Å². The Bertz CT molecular complexity index is 552. The summed E-state index contributed by atoms with van der Waals surface area (Å²) < 4.78 is 5.67. The Morgan fingerprint density at radius 2 is 1.95 bits per heavy atom. The summed E-state index contributed by atoms with van der Waals surface area (Å²) in [5, 5.41) is 2.85. The summed E-state index contributed by atoms with van der Waals surface area (Å²) in [5.74, 6) is 0.462. The fraction of sp³-hybridized carbons (Fsp3) is 0.235. The van der Waals surface area contributed by atoms with Crippen molar-refractivity contribution in [3.05, 3.63) is 60.2 Å². The van der Waals surface area contributed by atoms with Crippen LogP contribution in [-0.4, -0.2) is 12.5 Å². The maximum atomic E-state index is 12.3. The smallest absolute Gasteiger partial charge is 0.259 e. The summed E-state index contributed by atoms with van der Waals surface area (Å²) in [5.41, 5.74) is 1.30. The number of carbonyl (C=O) groups excluding carboxylic acids is 1. The molecular formula is C17H18NO2. The highest BCUT2D eigenvalue weighted by Crippen LogP contribution is 2.20. The van der Waals surface area contributed by atoms with Crippen molar-refractivity contribution < 1.29 is 9.53 Å². The number of benzene rings is 2. The van der Waals surface area contributed by atoms with Crippen molar-refractivity contribution in [2.75, 3.05) is 11.9 Å². The van der Waals surface area contributed by atoms with Crippen LogP contribution in [0.5, 0.6) is 5.75 Å². The minimum Gasteiger partial charge on any atom is -0.493 e. The van der Waals surface area contributed by atoms with E-state index < -0.39 is 0 Å². The first kappa shape index (κ1) is 14.1. The molecule has 0 saturated carbocycles. The van der Waals surface area contributed by atoms with Crippen molar-refractivity contribution in [1.82, 2.24) is 0 Å². The van der Waals surface area contributed by atoms with E-state index in [-0.39, 0.29) is 5.91 Å². The number of amides is 1. The molecule has 0 aliphatic rings. The Kier molecular flexibility index (Phi) is 5.18. The Morgan fingerprint density at radius 3 is 2.70 bits per heavy atom. The standard InChI is InChI=1S/C17H18NO2/c1-2-3-13-20-16-12-8-7-11-15(16)17(19)18-14-9-5-4-6-10-14/h5-12H,2-3,13H2,1H3,(H,18,19). The molecule has 3 heteroatoms. The van der Waals surface area contributed by atoms with Crippen LogP contribution < -0.4 is 10.1 Å². The summed E-state index contributed by atoms with van der Waals surface area (Å²) in [4.78, 5) is 12.3. The van der Waals surface area contributed by atoms with Gasteiger partial charge in [0, 0.05) is 5.69 Å². The second kappa shape index (κ2) is 7.34. The first-order chi connectivity index (χ1) is 9.81. The fourth-order valence-corrected chi connectivity index (χ4v) is 1.78. The Hall–Kier alpha value is -2.29. The molecule has 0 aliphatic carbocycles. The molecule has 103 valence electrons. The predicted octanol–water partition coefficient (Wildman–Crippen LogP) is 3.92. The number of ether oxygens (including phenoxy) is 1. The summed E-state index contributed by atoms with van der Waals surface area (Å²) in [6.45, 7) is 2.73. The van der Waals surface area contributed by atoms with E-state index in [0.717, 1.165) is 18.5 Å². The van der Waals surface area contributed by atoms with Crippen molar-refractivity contribution in [1.29, 1.82) is 0 Å². The van der Waals surface area contributed by atoms with Crippen molar-refractivity contribution >= 4 is 11.6 Å². The third-order valence-electron chi connectivity index (χ3n) is 2.86. The van der Waals surface area contributed by atoms with Crippen LogP contribution in [0.1, 0.15) is 30.1 Å². The molecule has 2 aromatic carbocycles. The van der Waals surface area contributed by atoms with Gasteiger partial charge >= 0.3 is 0 Å². The van der Waals surface area contributed by atoms with Crippen LogP contribution in [0.4, 0.5) is 5.69 Å². The maximum Gasteiger partial charge on any atom is 0.259 e. The molecule has 0 bridgehead atoms. The Morgan fingerprint density at radius 1 is 1.20 bits per heavy atom. The summed E-state index contributed by atoms with van der Waals surface area (Å²) in [6.07, 6.45) is 2.04. The van der Waals surface area contributed by atoms with Crippen LogP contribution in [0, 0.1) is 6.07 Å². The van der Waals surface area contributed by atoms with Crippen molar-refractivity contribution in [3.8, 4) is 5.75 Å². The average molecular weight is 268 g/mol. The van der Waals surface area contributed by atoms with Gasteiger partial charge < -0.3 is 10.1 Å². The van der Waals surface area contributed by atoms with Crippen molar-refractivity contribution in [2.45, 2.75) is 19.8 Å². The van der Waals surface area contributed by atoms with Gasteiger partial charge in [0.1, 0.15) is 5.75 Å². The van der Waals surface area contributed by atoms with Gasteiger partial charge in [0.2, 0.25) is 0 Å². The molecule has 0 unspecified atom stereocenters. The third kappa shape index (κ3) is 3.85. The van der Waals surface area contributed by atoms with E-state index in [1.54, 1.807) is 30.3 Å². The quantitative estimate of drug-likeness (QED) is 0.806. The Labute approximate surface area is 119 Å². The lowest BCUT2D eigenvalue weighted by molar-refractivity contribution is 0.102. The third-order valence-corrected chi connectivity index (χ3v) is 2.86. The monoisotopic (exact) mass is 268 g/mol. The Balaban J connectivity index is 2.09. The lowest BCUT2D eigenvalue weighted by atomic mass is 10.2. The zero-order valence-electron chi connectivity index (χ0n) is 11.6. The zero-order chi connectivity index (χ0) is 14.2. The van der Waals surface area contributed by atoms with Crippen LogP contribution in [0.25, 0.3) is 0 Å². The molecule has 3 nitrogen and oxygen atoms in total. The molecule has 2 aromatic rings. The number of unbranched alkanes of at least 4 members (excludes halogenated alkanes) is 1. The van der Waals surface area contributed by atoms with Crippen LogP contribution in [0.3, 0.4) is 0 Å². The highest BCUT2D eigenvalue weighted by atomic mass is 16.5. The van der Waals surface area contributed by atoms with E-state index in [4.69, 9.17) is 4.74 Å². The van der Waals surface area contributed by atoms with Crippen molar-refractivity contribution in [3.63, 3.8) is 0 Å². The molecule has 0 aliphatic heterocycles. The molecule has 1 N–H and O–H groups in total. The molecule has 0 spiro atoms. The number of hydrogen-bond acceptors (Lipinski definition) is 2. The number of rotatable bonds is 6. The molecule has 2 rings (SSSR count). The number of anilines is 1. The van der Waals surface area contributed by atoms with Gasteiger partial charge in [-0.1, -0.05) is 37.6 Å². The first-order valence-electron chi connectivity index (χ1n) is 6.80. The second-order valence-corrected chi connectivity index (χ2v) is 4.44. The lowest BCUT2D eigenvalue weighted by Gasteiger charge is -2.11. The topological polar surface area (TPSA) is 38.3 Å². The minimum atomic E-state index is -0.164. The van der Waals surface area contributed by atoms with Gasteiger partial charge in [-0.25, -0.2) is 0 Å². The zero-order valence-corrected chi connectivity index (χ0v) is 11.6. The first-order valence-corrected chi connectivity index (χ1v) is 6.80. The molecular weight excluding hydrogens is 250 g/mol. The minimum absolute atomic E-state index is 0.164. The fourth-order valence-electron chi connectivity index (χ4n) is 1.78. The normalized spacial score (nSPS) is 10.1. The van der Waals surface area contributed by atoms with Gasteiger partial charge in [-0.3, -0.25) is 4.79 Å². The van der Waals surface area contributed by atoms with Crippen LogP contribution in [-0.2, 0) is 0 Å². The molecule has 0 saturated heterocycles. The van der Waals surface area contributed by atoms with E-state index >= 15 is 0 Å². The van der Waals surface area contributed by atoms with E-state index in [1.165, 1.54) is 0 Å². The van der Waals surface area contributed by atoms with Gasteiger partial charge in [-0.15, -0.1) is 0 Å². The number of para-hydroxylation sites is 1. The number of nitrogens with one attached hydrogen (secondary N) is 1. The molecule has 0 atom stereocenters. The molecule has 0 aromatic heterocycles. The van der Waals surface area contributed by atoms with Gasteiger partial charge in [-0.2, -0.15) is 0 Å². The molecule has 1 amide bonds. The van der Waals surface area contributed by atoms with Crippen LogP contribution >= 0.6 is 0 Å². The lowest BCUT2D eigenvalue weighted by Crippen LogP contribution is -2.13. The highest BCUT2D eigenvalue weighted by Gasteiger charge is 2.11. The molecule has 0 heterocycles. The van der Waals surface area contributed by atoms with Crippen LogP contribution in [0.2, 0.25) is 0 Å². The van der Waals surface area contributed by atoms with E-state index in [9.17, 15) is 4.79 Å². The molecule has 20 heavy (non-hydrogen) atoms. The van der Waals surface area contributed by atoms with Gasteiger partial charge in [-0.05, 0) is 36.8 Å². The predicted molar refractivity (Wildman–Crippen MR) is 80.1 cm³/mol. The van der Waals surface area contributed by atoms with E-state index in [1.807, 2.05) is 18.2 Å². The van der Waals surface area contributed by atoms with E-state index in [2.05, 4.69) is 18.3 Å². The number of hydrogen-bond donors (Lipinski definition) is 1. The van der Waals surface area contributed by atoms with Gasteiger partial charge in [0.05, 0.1) is 12.2 Å². The second-order valence-electron chi connectivity index (χ2n) is 4.44. The highest BCUT2D eigenvalue weighted by molar-refractivity contribution is 6.06. The largest absolute Gasteiger partial charge is 0.493 e. The molecule has 1 radical (unpaired) electrons. The SMILES string of the molecule is CCCCOc1ccccc1C(=O)Nc1cc[c]cc1. The summed E-state index contributed by atoms with van der Waals surface area (Å²) >= 11 is 0. The number of carbonyl (C=O) groups is 1. The maximum absolute atomic E-state index is 12.3. The summed E-state index contributed by atoms with van der Waals surface area (Å²) in [7, 11) is 0. The van der Waals surface area contributed by atoms with E-state index in [0.29, 0.717) is 17.9 Å². The molecule has 0 fully saturated rings.